The summed E-state index contributed by atoms with van der Waals surface area (Å²) >= 11 is -2.12. The SMILES string of the molecule is CC(CNS(=O)O)C(C(=O)O)c1ccccc1. The van der Waals surface area contributed by atoms with Crippen molar-refractivity contribution in [3.05, 3.63) is 35.9 Å². The molecule has 3 atom stereocenters. The molecule has 0 aliphatic heterocycles. The molecule has 1 aromatic rings. The fourth-order valence-electron chi connectivity index (χ4n) is 1.70. The Hall–Kier alpha value is -1.24. The lowest BCUT2D eigenvalue weighted by Gasteiger charge is -2.20. The molecule has 0 aromatic heterocycles. The number of carboxylic acid groups (broad SMARTS) is 1. The molecule has 0 amide bonds. The Kier molecular flexibility index (Phi) is 5.27. The maximum atomic E-state index is 11.2. The fraction of sp³-hybridized carbons (Fsp3) is 0.364. The van der Waals surface area contributed by atoms with Crippen LogP contribution < -0.4 is 4.72 Å². The summed E-state index contributed by atoms with van der Waals surface area (Å²) in [7, 11) is 0. The number of rotatable bonds is 6. The molecule has 3 unspecified atom stereocenters. The van der Waals surface area contributed by atoms with Crippen molar-refractivity contribution in [3.63, 3.8) is 0 Å². The van der Waals surface area contributed by atoms with Gasteiger partial charge in [0.05, 0.1) is 5.92 Å². The van der Waals surface area contributed by atoms with Gasteiger partial charge in [-0.15, -0.1) is 0 Å². The number of benzene rings is 1. The van der Waals surface area contributed by atoms with Crippen molar-refractivity contribution in [3.8, 4) is 0 Å². The van der Waals surface area contributed by atoms with Crippen LogP contribution in [0.25, 0.3) is 0 Å². The van der Waals surface area contributed by atoms with Crippen LogP contribution in [-0.2, 0) is 16.1 Å². The molecule has 0 aliphatic rings. The van der Waals surface area contributed by atoms with Crippen molar-refractivity contribution in [2.45, 2.75) is 12.8 Å². The molecule has 94 valence electrons. The molecule has 3 N–H and O–H groups in total. The molecular weight excluding hydrogens is 242 g/mol. The number of nitrogens with one attached hydrogen (secondary N) is 1. The van der Waals surface area contributed by atoms with Crippen LogP contribution in [0.5, 0.6) is 0 Å². The van der Waals surface area contributed by atoms with Crippen LogP contribution in [0.15, 0.2) is 30.3 Å². The molecule has 0 spiro atoms. The topological polar surface area (TPSA) is 86.6 Å². The van der Waals surface area contributed by atoms with Gasteiger partial charge in [-0.1, -0.05) is 37.3 Å². The van der Waals surface area contributed by atoms with Crippen molar-refractivity contribution in [2.24, 2.45) is 5.92 Å². The lowest BCUT2D eigenvalue weighted by molar-refractivity contribution is -0.140. The van der Waals surface area contributed by atoms with Gasteiger partial charge in [-0.05, 0) is 11.5 Å². The zero-order valence-corrected chi connectivity index (χ0v) is 10.2. The molecule has 0 radical (unpaired) electrons. The Balaban J connectivity index is 2.79. The van der Waals surface area contributed by atoms with Crippen LogP contribution in [0.1, 0.15) is 18.4 Å². The molecule has 0 bridgehead atoms. The Morgan fingerprint density at radius 1 is 1.41 bits per heavy atom. The number of carboxylic acids is 1. The van der Waals surface area contributed by atoms with Crippen molar-refractivity contribution in [1.82, 2.24) is 4.72 Å². The average molecular weight is 257 g/mol. The van der Waals surface area contributed by atoms with Crippen LogP contribution in [0, 0.1) is 5.92 Å². The van der Waals surface area contributed by atoms with Crippen LogP contribution in [-0.4, -0.2) is 26.4 Å². The van der Waals surface area contributed by atoms with E-state index in [1.807, 2.05) is 6.07 Å². The molecule has 0 saturated carbocycles. The standard InChI is InChI=1S/C11H15NO4S/c1-8(7-12-17(15)16)10(11(13)14)9-5-3-2-4-6-9/h2-6,8,10,12H,7H2,1H3,(H,13,14)(H,15,16). The average Bonchev–Trinajstić information content (AvgIpc) is 2.27. The molecule has 1 rings (SSSR count). The third-order valence-electron chi connectivity index (χ3n) is 2.52. The Morgan fingerprint density at radius 2 is 2.00 bits per heavy atom. The third kappa shape index (κ3) is 4.26. The Morgan fingerprint density at radius 3 is 2.47 bits per heavy atom. The zero-order valence-electron chi connectivity index (χ0n) is 9.37. The largest absolute Gasteiger partial charge is 0.481 e. The molecule has 0 saturated heterocycles. The minimum atomic E-state index is -2.12. The van der Waals surface area contributed by atoms with E-state index in [0.717, 1.165) is 0 Å². The van der Waals surface area contributed by atoms with Gasteiger partial charge in [-0.2, -0.15) is 0 Å². The monoisotopic (exact) mass is 257 g/mol. The van der Waals surface area contributed by atoms with Crippen molar-refractivity contribution >= 4 is 17.2 Å². The van der Waals surface area contributed by atoms with Gasteiger partial charge < -0.3 is 5.11 Å². The summed E-state index contributed by atoms with van der Waals surface area (Å²) in [5.41, 5.74) is 0.693. The summed E-state index contributed by atoms with van der Waals surface area (Å²) < 4.78 is 21.4. The van der Waals surface area contributed by atoms with E-state index in [1.54, 1.807) is 31.2 Å². The highest BCUT2D eigenvalue weighted by molar-refractivity contribution is 7.77. The number of hydrogen-bond acceptors (Lipinski definition) is 2. The molecule has 0 aliphatic carbocycles. The summed E-state index contributed by atoms with van der Waals surface area (Å²) in [6, 6.07) is 8.84. The lowest BCUT2D eigenvalue weighted by Crippen LogP contribution is -2.30. The number of carbonyl (C=O) groups is 1. The van der Waals surface area contributed by atoms with E-state index in [1.165, 1.54) is 0 Å². The minimum absolute atomic E-state index is 0.162. The first-order valence-corrected chi connectivity index (χ1v) is 6.25. The van der Waals surface area contributed by atoms with Crippen LogP contribution in [0.2, 0.25) is 0 Å². The first-order chi connectivity index (χ1) is 8.02. The van der Waals surface area contributed by atoms with E-state index in [9.17, 15) is 14.1 Å². The minimum Gasteiger partial charge on any atom is -0.481 e. The summed E-state index contributed by atoms with van der Waals surface area (Å²) in [6.07, 6.45) is 0. The van der Waals surface area contributed by atoms with Gasteiger partial charge in [0, 0.05) is 6.54 Å². The molecule has 5 nitrogen and oxygen atoms in total. The normalized spacial score (nSPS) is 16.1. The van der Waals surface area contributed by atoms with Gasteiger partial charge in [0.1, 0.15) is 0 Å². The molecule has 1 aromatic carbocycles. The fourth-order valence-corrected chi connectivity index (χ4v) is 2.10. The maximum absolute atomic E-state index is 11.2. The molecular formula is C11H15NO4S. The highest BCUT2D eigenvalue weighted by Gasteiger charge is 2.26. The predicted molar refractivity (Wildman–Crippen MR) is 64.8 cm³/mol. The van der Waals surface area contributed by atoms with Gasteiger partial charge in [0.25, 0.3) is 0 Å². The van der Waals surface area contributed by atoms with Crippen molar-refractivity contribution < 1.29 is 18.7 Å². The van der Waals surface area contributed by atoms with Crippen LogP contribution in [0.3, 0.4) is 0 Å². The third-order valence-corrected chi connectivity index (χ3v) is 2.94. The smallest absolute Gasteiger partial charge is 0.311 e. The van der Waals surface area contributed by atoms with Crippen molar-refractivity contribution in [1.29, 1.82) is 0 Å². The second-order valence-electron chi connectivity index (χ2n) is 3.80. The van der Waals surface area contributed by atoms with Crippen molar-refractivity contribution in [2.75, 3.05) is 6.54 Å². The zero-order chi connectivity index (χ0) is 12.8. The maximum Gasteiger partial charge on any atom is 0.311 e. The summed E-state index contributed by atoms with van der Waals surface area (Å²) in [6.45, 7) is 1.89. The van der Waals surface area contributed by atoms with Gasteiger partial charge in [-0.3, -0.25) is 9.35 Å². The predicted octanol–water partition coefficient (Wildman–Crippen LogP) is 1.22. The molecule has 17 heavy (non-hydrogen) atoms. The lowest BCUT2D eigenvalue weighted by atomic mass is 9.87. The first kappa shape index (κ1) is 13.8. The van der Waals surface area contributed by atoms with Gasteiger partial charge >= 0.3 is 5.97 Å². The Labute approximate surface area is 102 Å². The molecule has 6 heteroatoms. The first-order valence-electron chi connectivity index (χ1n) is 5.14. The summed E-state index contributed by atoms with van der Waals surface area (Å²) in [5.74, 6) is -1.91. The number of aliphatic carboxylic acids is 1. The highest BCUT2D eigenvalue weighted by Crippen LogP contribution is 2.24. The van der Waals surface area contributed by atoms with Gasteiger partial charge in [0.2, 0.25) is 11.3 Å². The quantitative estimate of drug-likeness (QED) is 0.669. The van der Waals surface area contributed by atoms with E-state index < -0.39 is 23.2 Å². The summed E-state index contributed by atoms with van der Waals surface area (Å²) in [5, 5.41) is 9.20. The van der Waals surface area contributed by atoms with Gasteiger partial charge in [0.15, 0.2) is 0 Å². The van der Waals surface area contributed by atoms with E-state index in [0.29, 0.717) is 5.56 Å². The van der Waals surface area contributed by atoms with E-state index >= 15 is 0 Å². The van der Waals surface area contributed by atoms with E-state index in [2.05, 4.69) is 4.72 Å². The molecule has 0 heterocycles. The van der Waals surface area contributed by atoms with E-state index in [4.69, 9.17) is 4.55 Å². The molecule has 0 fully saturated rings. The number of hydrogen-bond donors (Lipinski definition) is 3. The second kappa shape index (κ2) is 6.48. The summed E-state index contributed by atoms with van der Waals surface area (Å²) in [4.78, 5) is 11.2. The van der Waals surface area contributed by atoms with E-state index in [-0.39, 0.29) is 12.5 Å². The Bertz CT molecular complexity index is 396. The van der Waals surface area contributed by atoms with Crippen LogP contribution in [0.4, 0.5) is 0 Å². The van der Waals surface area contributed by atoms with Crippen LogP contribution >= 0.6 is 0 Å². The second-order valence-corrected chi connectivity index (χ2v) is 4.59. The highest BCUT2D eigenvalue weighted by atomic mass is 32.2. The van der Waals surface area contributed by atoms with Gasteiger partial charge in [-0.25, -0.2) is 8.93 Å².